The van der Waals surface area contributed by atoms with Crippen LogP contribution in [0.4, 0.5) is 0 Å². The molecule has 2 atom stereocenters. The maximum absolute atomic E-state index is 9.93. The number of para-hydroxylation sites is 2. The first kappa shape index (κ1) is 12.7. The second-order valence-electron chi connectivity index (χ2n) is 5.57. The van der Waals surface area contributed by atoms with Crippen LogP contribution in [0.25, 0.3) is 11.0 Å². The Labute approximate surface area is 114 Å². The van der Waals surface area contributed by atoms with Crippen LogP contribution in [-0.2, 0) is 13.0 Å². The van der Waals surface area contributed by atoms with Crippen LogP contribution in [0.1, 0.15) is 38.4 Å². The Morgan fingerprint density at radius 2 is 2.16 bits per heavy atom. The minimum absolute atomic E-state index is 0.0835. The molecule has 0 aliphatic heterocycles. The molecule has 1 N–H and O–H groups in total. The van der Waals surface area contributed by atoms with Crippen LogP contribution >= 0.6 is 0 Å². The van der Waals surface area contributed by atoms with Gasteiger partial charge in [-0.25, -0.2) is 4.98 Å². The van der Waals surface area contributed by atoms with E-state index in [9.17, 15) is 5.11 Å². The largest absolute Gasteiger partial charge is 0.393 e. The lowest BCUT2D eigenvalue weighted by molar-refractivity contribution is 0.125. The van der Waals surface area contributed by atoms with Crippen LogP contribution < -0.4 is 0 Å². The van der Waals surface area contributed by atoms with E-state index in [1.54, 1.807) is 0 Å². The molecule has 0 amide bonds. The van der Waals surface area contributed by atoms with Crippen molar-refractivity contribution in [2.45, 2.75) is 51.7 Å². The molecule has 1 aromatic heterocycles. The summed E-state index contributed by atoms with van der Waals surface area (Å²) in [5.74, 6) is 1.64. The third-order valence-electron chi connectivity index (χ3n) is 4.39. The third-order valence-corrected chi connectivity index (χ3v) is 4.39. The van der Waals surface area contributed by atoms with Gasteiger partial charge in [-0.05, 0) is 37.3 Å². The molecule has 0 bridgehead atoms. The monoisotopic (exact) mass is 258 g/mol. The molecular weight excluding hydrogens is 236 g/mol. The molecule has 3 nitrogen and oxygen atoms in total. The number of imidazole rings is 1. The fourth-order valence-electron chi connectivity index (χ4n) is 3.29. The van der Waals surface area contributed by atoms with E-state index in [1.165, 1.54) is 18.4 Å². The summed E-state index contributed by atoms with van der Waals surface area (Å²) in [5.41, 5.74) is 2.32. The van der Waals surface area contributed by atoms with E-state index in [2.05, 4.69) is 29.7 Å². The number of aliphatic hydroxyl groups is 1. The highest BCUT2D eigenvalue weighted by atomic mass is 16.3. The molecule has 1 aromatic carbocycles. The van der Waals surface area contributed by atoms with Gasteiger partial charge in [-0.3, -0.25) is 0 Å². The van der Waals surface area contributed by atoms with Crippen LogP contribution in [0, 0.1) is 5.92 Å². The lowest BCUT2D eigenvalue weighted by Gasteiger charge is -2.16. The number of fused-ring (bicyclic) bond motifs is 1. The van der Waals surface area contributed by atoms with Gasteiger partial charge in [-0.15, -0.1) is 0 Å². The summed E-state index contributed by atoms with van der Waals surface area (Å²) in [4.78, 5) is 4.70. The number of hydrogen-bond acceptors (Lipinski definition) is 2. The van der Waals surface area contributed by atoms with Crippen molar-refractivity contribution in [2.24, 2.45) is 5.92 Å². The standard InChI is InChI=1S/C16H22N2O/c1-2-16-17-13-7-3-4-8-14(13)18(16)11-10-12-6-5-9-15(12)19/h3-4,7-8,12,15,19H,2,5-6,9-11H2,1H3. The van der Waals surface area contributed by atoms with Gasteiger partial charge in [0.1, 0.15) is 5.82 Å². The molecule has 1 aliphatic rings. The Morgan fingerprint density at radius 3 is 2.89 bits per heavy atom. The molecule has 2 unspecified atom stereocenters. The number of aliphatic hydroxyl groups excluding tert-OH is 1. The Bertz CT molecular complexity index is 561. The summed E-state index contributed by atoms with van der Waals surface area (Å²) in [6, 6.07) is 8.34. The van der Waals surface area contributed by atoms with Crippen LogP contribution in [0.5, 0.6) is 0 Å². The van der Waals surface area contributed by atoms with Gasteiger partial charge in [0.2, 0.25) is 0 Å². The maximum atomic E-state index is 9.93. The van der Waals surface area contributed by atoms with Crippen molar-refractivity contribution in [3.63, 3.8) is 0 Å². The number of aromatic nitrogens is 2. The van der Waals surface area contributed by atoms with Gasteiger partial charge in [0.15, 0.2) is 0 Å². The maximum Gasteiger partial charge on any atom is 0.109 e. The molecule has 1 aliphatic carbocycles. The molecule has 19 heavy (non-hydrogen) atoms. The first-order valence-corrected chi connectivity index (χ1v) is 7.41. The molecule has 2 aromatic rings. The highest BCUT2D eigenvalue weighted by Crippen LogP contribution is 2.29. The first-order valence-electron chi connectivity index (χ1n) is 7.41. The minimum atomic E-state index is -0.0835. The summed E-state index contributed by atoms with van der Waals surface area (Å²) in [5, 5.41) is 9.93. The minimum Gasteiger partial charge on any atom is -0.393 e. The Hall–Kier alpha value is -1.35. The van der Waals surface area contributed by atoms with Gasteiger partial charge < -0.3 is 9.67 Å². The van der Waals surface area contributed by atoms with Crippen molar-refractivity contribution in [1.29, 1.82) is 0 Å². The van der Waals surface area contributed by atoms with Crippen molar-refractivity contribution < 1.29 is 5.11 Å². The van der Waals surface area contributed by atoms with Gasteiger partial charge in [-0.1, -0.05) is 25.5 Å². The van der Waals surface area contributed by atoms with E-state index < -0.39 is 0 Å². The molecule has 0 saturated heterocycles. The highest BCUT2D eigenvalue weighted by Gasteiger charge is 2.25. The number of hydrogen-bond donors (Lipinski definition) is 1. The van der Waals surface area contributed by atoms with Gasteiger partial charge in [0.25, 0.3) is 0 Å². The third kappa shape index (κ3) is 2.39. The van der Waals surface area contributed by atoms with Crippen molar-refractivity contribution in [3.05, 3.63) is 30.1 Å². The molecule has 0 spiro atoms. The number of aryl methyl sites for hydroxylation is 2. The fraction of sp³-hybridized carbons (Fsp3) is 0.562. The summed E-state index contributed by atoms with van der Waals surface area (Å²) >= 11 is 0. The predicted molar refractivity (Wildman–Crippen MR) is 77.1 cm³/mol. The Kier molecular flexibility index (Phi) is 3.56. The second-order valence-corrected chi connectivity index (χ2v) is 5.57. The van der Waals surface area contributed by atoms with Crippen molar-refractivity contribution in [3.8, 4) is 0 Å². The summed E-state index contributed by atoms with van der Waals surface area (Å²) in [6.07, 6.45) is 5.28. The second kappa shape index (κ2) is 5.33. The van der Waals surface area contributed by atoms with E-state index in [1.807, 2.05) is 6.07 Å². The lowest BCUT2D eigenvalue weighted by Crippen LogP contribution is -2.16. The normalized spacial score (nSPS) is 23.3. The van der Waals surface area contributed by atoms with Crippen molar-refractivity contribution in [1.82, 2.24) is 9.55 Å². The summed E-state index contributed by atoms with van der Waals surface area (Å²) in [6.45, 7) is 3.13. The van der Waals surface area contributed by atoms with E-state index in [0.717, 1.165) is 37.1 Å². The summed E-state index contributed by atoms with van der Waals surface area (Å²) in [7, 11) is 0. The molecule has 1 saturated carbocycles. The molecule has 3 heteroatoms. The number of rotatable bonds is 4. The van der Waals surface area contributed by atoms with E-state index in [0.29, 0.717) is 5.92 Å². The molecular formula is C16H22N2O. The zero-order valence-corrected chi connectivity index (χ0v) is 11.5. The van der Waals surface area contributed by atoms with Gasteiger partial charge in [0.05, 0.1) is 17.1 Å². The zero-order valence-electron chi connectivity index (χ0n) is 11.5. The number of nitrogens with zero attached hydrogens (tertiary/aromatic N) is 2. The summed E-state index contributed by atoms with van der Waals surface area (Å²) < 4.78 is 2.33. The average Bonchev–Trinajstić information content (AvgIpc) is 2.99. The Morgan fingerprint density at radius 1 is 1.32 bits per heavy atom. The first-order chi connectivity index (χ1) is 9.29. The molecule has 1 fully saturated rings. The molecule has 102 valence electrons. The lowest BCUT2D eigenvalue weighted by atomic mass is 10.0. The average molecular weight is 258 g/mol. The van der Waals surface area contributed by atoms with Crippen LogP contribution in [0.2, 0.25) is 0 Å². The van der Waals surface area contributed by atoms with Crippen molar-refractivity contribution >= 4 is 11.0 Å². The van der Waals surface area contributed by atoms with Gasteiger partial charge in [0, 0.05) is 13.0 Å². The number of benzene rings is 1. The fourth-order valence-corrected chi connectivity index (χ4v) is 3.29. The van der Waals surface area contributed by atoms with Crippen LogP contribution in [0.15, 0.2) is 24.3 Å². The SMILES string of the molecule is CCc1nc2ccccc2n1CCC1CCCC1O. The van der Waals surface area contributed by atoms with Crippen molar-refractivity contribution in [2.75, 3.05) is 0 Å². The zero-order chi connectivity index (χ0) is 13.2. The van der Waals surface area contributed by atoms with Gasteiger partial charge >= 0.3 is 0 Å². The molecule has 1 heterocycles. The van der Waals surface area contributed by atoms with Gasteiger partial charge in [-0.2, -0.15) is 0 Å². The van der Waals surface area contributed by atoms with E-state index in [4.69, 9.17) is 4.98 Å². The molecule has 0 radical (unpaired) electrons. The van der Waals surface area contributed by atoms with Crippen LogP contribution in [0.3, 0.4) is 0 Å². The van der Waals surface area contributed by atoms with Crippen LogP contribution in [-0.4, -0.2) is 20.8 Å². The van der Waals surface area contributed by atoms with E-state index >= 15 is 0 Å². The highest BCUT2D eigenvalue weighted by molar-refractivity contribution is 5.75. The van der Waals surface area contributed by atoms with E-state index in [-0.39, 0.29) is 6.10 Å². The topological polar surface area (TPSA) is 38.0 Å². The Balaban J connectivity index is 1.83. The quantitative estimate of drug-likeness (QED) is 0.914. The predicted octanol–water partition coefficient (Wildman–Crippen LogP) is 3.15. The smallest absolute Gasteiger partial charge is 0.109 e. The molecule has 3 rings (SSSR count).